The van der Waals surface area contributed by atoms with Crippen molar-refractivity contribution in [3.63, 3.8) is 0 Å². The van der Waals surface area contributed by atoms with Crippen LogP contribution in [0, 0.1) is 17.8 Å². The quantitative estimate of drug-likeness (QED) is 0.266. The lowest BCUT2D eigenvalue weighted by molar-refractivity contribution is -0.175. The standard InChI is InChI=1S/C32H52O5/c1-21(2)18-28(22(3)4)25-14-16-27(17-15-25)34-20-23(5)35-29-19-30(36-24(29)6)31(33)37-32(7,8)26-12-10-9-11-13-26/h14-17,21-24,26,28-30H,9-13,18-20H2,1-8H3. The molecule has 0 amide bonds. The van der Waals surface area contributed by atoms with E-state index in [1.54, 1.807) is 0 Å². The van der Waals surface area contributed by atoms with E-state index in [1.165, 1.54) is 31.2 Å². The Morgan fingerprint density at radius 3 is 2.27 bits per heavy atom. The molecule has 1 saturated heterocycles. The molecule has 1 heterocycles. The second-order valence-corrected chi connectivity index (χ2v) is 12.8. The van der Waals surface area contributed by atoms with Crippen molar-refractivity contribution in [1.82, 2.24) is 0 Å². The van der Waals surface area contributed by atoms with Gasteiger partial charge >= 0.3 is 5.97 Å². The van der Waals surface area contributed by atoms with Crippen LogP contribution in [0.1, 0.15) is 112 Å². The summed E-state index contributed by atoms with van der Waals surface area (Å²) in [6, 6.07) is 8.54. The number of hydrogen-bond acceptors (Lipinski definition) is 5. The highest BCUT2D eigenvalue weighted by molar-refractivity contribution is 5.75. The van der Waals surface area contributed by atoms with E-state index in [0.717, 1.165) is 18.6 Å². The van der Waals surface area contributed by atoms with Crippen molar-refractivity contribution in [2.45, 2.75) is 136 Å². The molecule has 5 nitrogen and oxygen atoms in total. The summed E-state index contributed by atoms with van der Waals surface area (Å²) in [5.74, 6) is 2.87. The van der Waals surface area contributed by atoms with Gasteiger partial charge in [-0.15, -0.1) is 0 Å². The van der Waals surface area contributed by atoms with Crippen molar-refractivity contribution in [3.05, 3.63) is 29.8 Å². The molecule has 3 rings (SSSR count). The molecule has 1 aliphatic heterocycles. The molecule has 1 saturated carbocycles. The minimum atomic E-state index is -0.566. The summed E-state index contributed by atoms with van der Waals surface area (Å²) in [5.41, 5.74) is 0.922. The molecule has 0 bridgehead atoms. The highest BCUT2D eigenvalue weighted by Crippen LogP contribution is 2.36. The topological polar surface area (TPSA) is 54.0 Å². The normalized spacial score (nSPS) is 24.9. The molecule has 0 N–H and O–H groups in total. The number of carbonyl (C=O) groups is 1. The maximum Gasteiger partial charge on any atom is 0.335 e. The Balaban J connectivity index is 1.45. The van der Waals surface area contributed by atoms with E-state index < -0.39 is 11.7 Å². The van der Waals surface area contributed by atoms with Gasteiger partial charge in [0.05, 0.1) is 18.3 Å². The Morgan fingerprint density at radius 2 is 1.68 bits per heavy atom. The number of carbonyl (C=O) groups excluding carboxylic acids is 1. The second-order valence-electron chi connectivity index (χ2n) is 12.8. The van der Waals surface area contributed by atoms with Crippen LogP contribution in [0.15, 0.2) is 24.3 Å². The maximum atomic E-state index is 12.9. The molecule has 2 aliphatic rings. The van der Waals surface area contributed by atoms with Crippen LogP contribution in [0.25, 0.3) is 0 Å². The van der Waals surface area contributed by atoms with Crippen LogP contribution in [-0.2, 0) is 19.0 Å². The van der Waals surface area contributed by atoms with Gasteiger partial charge in [-0.25, -0.2) is 4.79 Å². The van der Waals surface area contributed by atoms with Gasteiger partial charge in [0, 0.05) is 6.42 Å². The molecular formula is C32H52O5. The Morgan fingerprint density at radius 1 is 1.03 bits per heavy atom. The van der Waals surface area contributed by atoms with Gasteiger partial charge in [0.25, 0.3) is 0 Å². The molecule has 5 heteroatoms. The SMILES string of the molecule is CC(C)CC(c1ccc(OCC(C)OC2CC(C(=O)OC(C)(C)C3CCCCC3)OC2C)cc1)C(C)C. The highest BCUT2D eigenvalue weighted by Gasteiger charge is 2.42. The molecule has 1 aliphatic carbocycles. The predicted molar refractivity (Wildman–Crippen MR) is 149 cm³/mol. The van der Waals surface area contributed by atoms with Crippen molar-refractivity contribution < 1.29 is 23.7 Å². The third-order valence-electron chi connectivity index (χ3n) is 8.29. The van der Waals surface area contributed by atoms with Gasteiger partial charge in [0.1, 0.15) is 18.0 Å². The molecule has 5 unspecified atom stereocenters. The van der Waals surface area contributed by atoms with Gasteiger partial charge in [0.2, 0.25) is 0 Å². The van der Waals surface area contributed by atoms with E-state index in [1.807, 2.05) is 27.7 Å². The zero-order valence-corrected chi connectivity index (χ0v) is 24.6. The fraction of sp³-hybridized carbons (Fsp3) is 0.781. The number of benzene rings is 1. The first kappa shape index (κ1) is 30.0. The first-order chi connectivity index (χ1) is 17.5. The summed E-state index contributed by atoms with van der Waals surface area (Å²) < 4.78 is 24.3. The molecule has 5 atom stereocenters. The van der Waals surface area contributed by atoms with Gasteiger partial charge in [-0.05, 0) is 88.3 Å². The molecule has 0 aromatic heterocycles. The molecule has 210 valence electrons. The zero-order chi connectivity index (χ0) is 27.2. The highest BCUT2D eigenvalue weighted by atomic mass is 16.6. The Hall–Kier alpha value is -1.59. The fourth-order valence-electron chi connectivity index (χ4n) is 5.99. The minimum absolute atomic E-state index is 0.117. The lowest BCUT2D eigenvalue weighted by Gasteiger charge is -2.37. The van der Waals surface area contributed by atoms with Gasteiger partial charge < -0.3 is 18.9 Å². The Bertz CT molecular complexity index is 824. The fourth-order valence-corrected chi connectivity index (χ4v) is 5.99. The largest absolute Gasteiger partial charge is 0.491 e. The molecule has 1 aromatic rings. The lowest BCUT2D eigenvalue weighted by Crippen LogP contribution is -2.40. The maximum absolute atomic E-state index is 12.9. The minimum Gasteiger partial charge on any atom is -0.491 e. The summed E-state index contributed by atoms with van der Waals surface area (Å²) in [5, 5.41) is 0. The van der Waals surface area contributed by atoms with Crippen molar-refractivity contribution in [1.29, 1.82) is 0 Å². The zero-order valence-electron chi connectivity index (χ0n) is 24.6. The van der Waals surface area contributed by atoms with E-state index >= 15 is 0 Å². The Labute approximate surface area is 226 Å². The van der Waals surface area contributed by atoms with Gasteiger partial charge in [-0.2, -0.15) is 0 Å². The second kappa shape index (κ2) is 13.5. The van der Waals surface area contributed by atoms with Crippen LogP contribution in [0.2, 0.25) is 0 Å². The van der Waals surface area contributed by atoms with Crippen molar-refractivity contribution in [3.8, 4) is 5.75 Å². The number of rotatable bonds is 12. The third kappa shape index (κ3) is 8.71. The molecule has 37 heavy (non-hydrogen) atoms. The summed E-state index contributed by atoms with van der Waals surface area (Å²) in [6.07, 6.45) is 6.70. The number of esters is 1. The van der Waals surface area contributed by atoms with E-state index in [2.05, 4.69) is 52.0 Å². The monoisotopic (exact) mass is 516 g/mol. The average Bonchev–Trinajstić information content (AvgIpc) is 3.22. The lowest BCUT2D eigenvalue weighted by atomic mass is 9.79. The first-order valence-corrected chi connectivity index (χ1v) is 14.7. The van der Waals surface area contributed by atoms with E-state index in [9.17, 15) is 4.79 Å². The molecule has 1 aromatic carbocycles. The van der Waals surface area contributed by atoms with Gasteiger partial charge in [0.15, 0.2) is 6.10 Å². The van der Waals surface area contributed by atoms with Crippen molar-refractivity contribution in [2.75, 3.05) is 6.61 Å². The van der Waals surface area contributed by atoms with E-state index in [-0.39, 0.29) is 24.3 Å². The van der Waals surface area contributed by atoms with Crippen molar-refractivity contribution in [2.24, 2.45) is 17.8 Å². The average molecular weight is 517 g/mol. The first-order valence-electron chi connectivity index (χ1n) is 14.7. The number of hydrogen-bond donors (Lipinski definition) is 0. The molecular weight excluding hydrogens is 464 g/mol. The summed E-state index contributed by atoms with van der Waals surface area (Å²) in [7, 11) is 0. The van der Waals surface area contributed by atoms with Crippen LogP contribution >= 0.6 is 0 Å². The summed E-state index contributed by atoms with van der Waals surface area (Å²) in [6.45, 7) is 17.7. The number of ether oxygens (including phenoxy) is 4. The molecule has 0 radical (unpaired) electrons. The van der Waals surface area contributed by atoms with Crippen LogP contribution in [0.5, 0.6) is 5.75 Å². The van der Waals surface area contributed by atoms with Crippen LogP contribution in [0.4, 0.5) is 0 Å². The third-order valence-corrected chi connectivity index (χ3v) is 8.29. The molecule has 2 fully saturated rings. The molecule has 0 spiro atoms. The van der Waals surface area contributed by atoms with Gasteiger partial charge in [-0.3, -0.25) is 0 Å². The van der Waals surface area contributed by atoms with Crippen LogP contribution in [-0.4, -0.2) is 42.6 Å². The van der Waals surface area contributed by atoms with E-state index in [4.69, 9.17) is 18.9 Å². The van der Waals surface area contributed by atoms with Crippen LogP contribution < -0.4 is 4.74 Å². The smallest absolute Gasteiger partial charge is 0.335 e. The Kier molecular flexibility index (Phi) is 10.9. The van der Waals surface area contributed by atoms with Crippen LogP contribution in [0.3, 0.4) is 0 Å². The summed E-state index contributed by atoms with van der Waals surface area (Å²) in [4.78, 5) is 12.9. The van der Waals surface area contributed by atoms with Gasteiger partial charge in [-0.1, -0.05) is 59.1 Å². The summed E-state index contributed by atoms with van der Waals surface area (Å²) >= 11 is 0. The predicted octanol–water partition coefficient (Wildman–Crippen LogP) is 7.70. The van der Waals surface area contributed by atoms with E-state index in [0.29, 0.717) is 36.7 Å². The van der Waals surface area contributed by atoms with Crippen molar-refractivity contribution >= 4 is 5.97 Å².